The van der Waals surface area contributed by atoms with Gasteiger partial charge in [0.15, 0.2) is 0 Å². The molecule has 0 spiro atoms. The van der Waals surface area contributed by atoms with Crippen LogP contribution in [0, 0.1) is 15.6 Å². The monoisotopic (exact) mass is 485 g/mol. The summed E-state index contributed by atoms with van der Waals surface area (Å²) >= 11 is 0. The predicted molar refractivity (Wildman–Crippen MR) is 88.9 cm³/mol. The van der Waals surface area contributed by atoms with E-state index in [0.717, 1.165) is 0 Å². The Morgan fingerprint density at radius 2 is 1.44 bits per heavy atom. The van der Waals surface area contributed by atoms with E-state index in [-0.39, 0.29) is 62.4 Å². The summed E-state index contributed by atoms with van der Waals surface area (Å²) in [6, 6.07) is 8.71. The van der Waals surface area contributed by atoms with Crippen molar-refractivity contribution < 1.29 is 58.7 Å². The Labute approximate surface area is 186 Å². The summed E-state index contributed by atoms with van der Waals surface area (Å²) in [6.07, 6.45) is 0. The van der Waals surface area contributed by atoms with Gasteiger partial charge >= 0.3 is 19.5 Å². The molecule has 2 rings (SSSR count). The van der Waals surface area contributed by atoms with Crippen molar-refractivity contribution >= 4 is 35.2 Å². The number of azo groups is 1. The summed E-state index contributed by atoms with van der Waals surface area (Å²) in [6.45, 7) is 0. The van der Waals surface area contributed by atoms with E-state index in [1.165, 1.54) is 44.6 Å². The second-order valence-corrected chi connectivity index (χ2v) is 4.28. The molecule has 2 aromatic carbocycles. The molecule has 1 N–H and O–H groups in total. The normalized spacial score (nSPS) is 8.96. The van der Waals surface area contributed by atoms with Crippen molar-refractivity contribution in [2.45, 2.75) is 0 Å². The quantitative estimate of drug-likeness (QED) is 0.246. The van der Waals surface area contributed by atoms with Gasteiger partial charge in [0.25, 0.3) is 5.69 Å². The first-order chi connectivity index (χ1) is 11.1. The molecule has 0 aliphatic carbocycles. The second-order valence-electron chi connectivity index (χ2n) is 4.28. The Morgan fingerprint density at radius 3 is 1.89 bits per heavy atom. The van der Waals surface area contributed by atoms with Crippen LogP contribution in [0.5, 0.6) is 11.5 Å². The molecule has 0 aliphatic rings. The van der Waals surface area contributed by atoms with Crippen molar-refractivity contribution in [3.8, 4) is 11.5 Å². The number of methoxy groups -OCH3 is 2. The number of non-ortho nitro benzene ring substituents is 1. The molecule has 0 aromatic heterocycles. The third-order valence-electron chi connectivity index (χ3n) is 2.93. The summed E-state index contributed by atoms with van der Waals surface area (Å²) in [5.41, 5.74) is 8.22. The van der Waals surface area contributed by atoms with Gasteiger partial charge < -0.3 is 34.3 Å². The minimum Gasteiger partial charge on any atom is -1.00 e. The van der Waals surface area contributed by atoms with Crippen molar-refractivity contribution in [3.63, 3.8) is 0 Å². The van der Waals surface area contributed by atoms with Gasteiger partial charge in [0.05, 0.1) is 24.8 Å². The van der Waals surface area contributed by atoms with Gasteiger partial charge in [0, 0.05) is 24.3 Å². The molecule has 9 nitrogen and oxygen atoms in total. The van der Waals surface area contributed by atoms with E-state index >= 15 is 0 Å². The van der Waals surface area contributed by atoms with Crippen LogP contribution in [-0.4, -0.2) is 19.1 Å². The van der Waals surface area contributed by atoms with Gasteiger partial charge in [0.2, 0.25) is 0 Å². The van der Waals surface area contributed by atoms with Crippen molar-refractivity contribution in [1.82, 2.24) is 0 Å². The van der Waals surface area contributed by atoms with Crippen molar-refractivity contribution in [2.24, 2.45) is 15.3 Å². The number of hydrogen-bond donors (Lipinski definition) is 1. The fourth-order valence-electron chi connectivity index (χ4n) is 1.78. The fourth-order valence-corrected chi connectivity index (χ4v) is 1.78. The number of hydrogen-bond acceptors (Lipinski definition) is 8. The molecule has 13 heteroatoms. The van der Waals surface area contributed by atoms with Crippen LogP contribution in [0.4, 0.5) is 22.7 Å². The van der Waals surface area contributed by atoms with Crippen LogP contribution in [0.15, 0.2) is 51.7 Å². The molecule has 0 fully saturated rings. The minimum absolute atomic E-state index is 0. The molecular weight excluding hydrogens is 474 g/mol. The van der Waals surface area contributed by atoms with E-state index in [1.807, 2.05) is 0 Å². The Kier molecular flexibility index (Phi) is 15.7. The molecular formula is C14H14Cl3N5O4Zn. The number of ether oxygens (including phenoxy) is 2. The summed E-state index contributed by atoms with van der Waals surface area (Å²) < 4.78 is 10.3. The molecule has 0 saturated heterocycles. The average Bonchev–Trinajstić information content (AvgIpc) is 2.59. The molecule has 142 valence electrons. The van der Waals surface area contributed by atoms with Gasteiger partial charge in [-0.2, -0.15) is 10.2 Å². The summed E-state index contributed by atoms with van der Waals surface area (Å²) in [7, 11) is 2.91. The van der Waals surface area contributed by atoms with Gasteiger partial charge in [-0.05, 0) is 12.1 Å². The van der Waals surface area contributed by atoms with Crippen LogP contribution in [0.3, 0.4) is 0 Å². The number of benzene rings is 2. The Hall–Kier alpha value is -1.87. The van der Waals surface area contributed by atoms with Gasteiger partial charge in [0.1, 0.15) is 22.9 Å². The van der Waals surface area contributed by atoms with Gasteiger partial charge in [-0.15, -0.1) is 17.5 Å². The largest absolute Gasteiger partial charge is 2.00 e. The molecule has 27 heavy (non-hydrogen) atoms. The summed E-state index contributed by atoms with van der Waals surface area (Å²) in [5.74, 6) is 0.737. The number of nitrogens with zero attached hydrogens (tertiary/aromatic N) is 4. The second kappa shape index (κ2) is 14.2. The van der Waals surface area contributed by atoms with Crippen LogP contribution >= 0.6 is 12.4 Å². The van der Waals surface area contributed by atoms with E-state index in [9.17, 15) is 10.1 Å². The first kappa shape index (κ1) is 29.9. The van der Waals surface area contributed by atoms with Gasteiger partial charge in [-0.1, -0.05) is 0 Å². The van der Waals surface area contributed by atoms with Crippen molar-refractivity contribution in [3.05, 3.63) is 46.5 Å². The SMILES string of the molecule is COc1cc(N=Nc2ccc([N+](=O)[O-])cc2)c(OC)cc1N=N.Cl.[Cl-].[Cl-].[Zn+2]. The maximum absolute atomic E-state index is 10.6. The first-order valence-corrected chi connectivity index (χ1v) is 6.38. The molecule has 0 atom stereocenters. The molecule has 0 unspecified atom stereocenters. The van der Waals surface area contributed by atoms with Gasteiger partial charge in [-0.25, -0.2) is 5.53 Å². The maximum Gasteiger partial charge on any atom is 2.00 e. The molecule has 2 aromatic rings. The first-order valence-electron chi connectivity index (χ1n) is 6.38. The van der Waals surface area contributed by atoms with Gasteiger partial charge in [-0.3, -0.25) is 10.1 Å². The third kappa shape index (κ3) is 7.72. The molecule has 0 heterocycles. The Balaban J connectivity index is -0.00000144. The zero-order valence-electron chi connectivity index (χ0n) is 14.3. The minimum atomic E-state index is -0.488. The molecule has 0 radical (unpaired) electrons. The number of rotatable bonds is 6. The van der Waals surface area contributed by atoms with Crippen LogP contribution in [0.1, 0.15) is 0 Å². The Bertz CT molecular complexity index is 778. The third-order valence-corrected chi connectivity index (χ3v) is 2.93. The summed E-state index contributed by atoms with van der Waals surface area (Å²) in [5, 5.41) is 22.0. The molecule has 0 aliphatic heterocycles. The van der Waals surface area contributed by atoms with E-state index in [4.69, 9.17) is 15.0 Å². The van der Waals surface area contributed by atoms with Crippen LogP contribution in [0.25, 0.3) is 0 Å². The standard InChI is InChI=1S/C14H13N5O4.3ClH.Zn/c1-22-13-8-12(14(23-2)7-11(13)16-15)18-17-9-3-5-10(6-4-9)19(20)21;;;;/h3-8,15H,1-2H3;3*1H;/q;;;;+2/p-2. The molecule has 0 saturated carbocycles. The van der Waals surface area contributed by atoms with Crippen LogP contribution in [-0.2, 0) is 19.5 Å². The van der Waals surface area contributed by atoms with Crippen LogP contribution < -0.4 is 34.3 Å². The maximum atomic E-state index is 10.6. The number of halogens is 3. The zero-order valence-corrected chi connectivity index (χ0v) is 19.6. The molecule has 0 amide bonds. The summed E-state index contributed by atoms with van der Waals surface area (Å²) in [4.78, 5) is 10.1. The average molecular weight is 488 g/mol. The predicted octanol–water partition coefficient (Wildman–Crippen LogP) is -0.883. The number of nitro benzene ring substituents is 1. The zero-order chi connectivity index (χ0) is 16.8. The smallest absolute Gasteiger partial charge is 1.00 e. The fraction of sp³-hybridized carbons (Fsp3) is 0.143. The van der Waals surface area contributed by atoms with Crippen molar-refractivity contribution in [1.29, 1.82) is 5.53 Å². The number of nitro groups is 1. The topological polar surface area (TPSA) is 123 Å². The van der Waals surface area contributed by atoms with E-state index < -0.39 is 4.92 Å². The molecule has 0 bridgehead atoms. The van der Waals surface area contributed by atoms with Crippen LogP contribution in [0.2, 0.25) is 0 Å². The Morgan fingerprint density at radius 1 is 0.963 bits per heavy atom. The van der Waals surface area contributed by atoms with Crippen molar-refractivity contribution in [2.75, 3.05) is 14.2 Å². The van der Waals surface area contributed by atoms with E-state index in [0.29, 0.717) is 28.6 Å². The van der Waals surface area contributed by atoms with E-state index in [2.05, 4.69) is 15.3 Å². The number of nitrogens with one attached hydrogen (secondary N) is 1. The van der Waals surface area contributed by atoms with E-state index in [1.54, 1.807) is 6.07 Å².